The van der Waals surface area contributed by atoms with Gasteiger partial charge < -0.3 is 9.84 Å². The molecule has 0 unspecified atom stereocenters. The highest BCUT2D eigenvalue weighted by Gasteiger charge is 2.20. The van der Waals surface area contributed by atoms with Crippen LogP contribution in [0.3, 0.4) is 0 Å². The van der Waals surface area contributed by atoms with Crippen LogP contribution in [0.1, 0.15) is 43.0 Å². The van der Waals surface area contributed by atoms with Gasteiger partial charge in [-0.15, -0.1) is 0 Å². The predicted octanol–water partition coefficient (Wildman–Crippen LogP) is 4.00. The number of hydrogen-bond acceptors (Lipinski definition) is 2. The SMILES string of the molecule is CC1CCC(Oc2ccc(Cl)c(C(=O)O)c2)CC1. The van der Waals surface area contributed by atoms with Crippen LogP contribution in [0.5, 0.6) is 5.75 Å². The minimum absolute atomic E-state index is 0.0957. The Morgan fingerprint density at radius 3 is 2.61 bits per heavy atom. The van der Waals surface area contributed by atoms with Crippen LogP contribution in [0, 0.1) is 5.92 Å². The first-order chi connectivity index (χ1) is 8.56. The molecular weight excluding hydrogens is 252 g/mol. The number of benzene rings is 1. The van der Waals surface area contributed by atoms with Crippen molar-refractivity contribution in [3.8, 4) is 5.75 Å². The molecule has 0 atom stereocenters. The molecule has 98 valence electrons. The van der Waals surface area contributed by atoms with Crippen LogP contribution >= 0.6 is 11.6 Å². The van der Waals surface area contributed by atoms with Crippen molar-refractivity contribution in [2.24, 2.45) is 5.92 Å². The summed E-state index contributed by atoms with van der Waals surface area (Å²) >= 11 is 5.82. The van der Waals surface area contributed by atoms with Crippen molar-refractivity contribution in [2.75, 3.05) is 0 Å². The van der Waals surface area contributed by atoms with Crippen LogP contribution < -0.4 is 4.74 Å². The van der Waals surface area contributed by atoms with E-state index in [9.17, 15) is 4.79 Å². The Balaban J connectivity index is 2.05. The molecule has 1 aromatic rings. The summed E-state index contributed by atoms with van der Waals surface area (Å²) in [6.45, 7) is 2.25. The van der Waals surface area contributed by atoms with Crippen molar-refractivity contribution in [1.82, 2.24) is 0 Å². The maximum atomic E-state index is 11.0. The lowest BCUT2D eigenvalue weighted by molar-refractivity contribution is 0.0695. The van der Waals surface area contributed by atoms with Crippen molar-refractivity contribution >= 4 is 17.6 Å². The monoisotopic (exact) mass is 268 g/mol. The molecule has 4 heteroatoms. The Bertz CT molecular complexity index is 437. The molecule has 0 radical (unpaired) electrons. The van der Waals surface area contributed by atoms with Gasteiger partial charge in [0, 0.05) is 0 Å². The van der Waals surface area contributed by atoms with E-state index in [-0.39, 0.29) is 16.7 Å². The zero-order valence-electron chi connectivity index (χ0n) is 10.4. The van der Waals surface area contributed by atoms with Gasteiger partial charge in [-0.25, -0.2) is 4.79 Å². The van der Waals surface area contributed by atoms with Crippen molar-refractivity contribution < 1.29 is 14.6 Å². The van der Waals surface area contributed by atoms with Gasteiger partial charge in [0.2, 0.25) is 0 Å². The van der Waals surface area contributed by atoms with E-state index in [1.807, 2.05) is 0 Å². The second-order valence-corrected chi connectivity index (χ2v) is 5.35. The van der Waals surface area contributed by atoms with Crippen molar-refractivity contribution in [3.63, 3.8) is 0 Å². The summed E-state index contributed by atoms with van der Waals surface area (Å²) in [5, 5.41) is 9.23. The summed E-state index contributed by atoms with van der Waals surface area (Å²) in [5.74, 6) is 0.337. The van der Waals surface area contributed by atoms with Crippen LogP contribution in [0.25, 0.3) is 0 Å². The second kappa shape index (κ2) is 5.61. The van der Waals surface area contributed by atoms with E-state index in [0.29, 0.717) is 5.75 Å². The molecule has 2 rings (SSSR count). The largest absolute Gasteiger partial charge is 0.490 e. The Labute approximate surface area is 112 Å². The van der Waals surface area contributed by atoms with Gasteiger partial charge in [-0.05, 0) is 49.8 Å². The zero-order valence-corrected chi connectivity index (χ0v) is 11.1. The number of carboxylic acids is 1. The number of carbonyl (C=O) groups is 1. The Morgan fingerprint density at radius 1 is 1.33 bits per heavy atom. The van der Waals surface area contributed by atoms with Crippen molar-refractivity contribution in [2.45, 2.75) is 38.7 Å². The molecule has 1 fully saturated rings. The fourth-order valence-corrected chi connectivity index (χ4v) is 2.48. The van der Waals surface area contributed by atoms with Crippen molar-refractivity contribution in [3.05, 3.63) is 28.8 Å². The number of carboxylic acid groups (broad SMARTS) is 1. The average Bonchev–Trinajstić information content (AvgIpc) is 2.34. The summed E-state index contributed by atoms with van der Waals surface area (Å²) in [5.41, 5.74) is 0.0957. The molecule has 1 N–H and O–H groups in total. The molecule has 1 aliphatic carbocycles. The normalized spacial score (nSPS) is 23.7. The lowest BCUT2D eigenvalue weighted by Crippen LogP contribution is -2.23. The minimum Gasteiger partial charge on any atom is -0.490 e. The molecule has 0 saturated heterocycles. The first-order valence-electron chi connectivity index (χ1n) is 6.25. The average molecular weight is 269 g/mol. The van der Waals surface area contributed by atoms with Gasteiger partial charge in [0.05, 0.1) is 16.7 Å². The lowest BCUT2D eigenvalue weighted by atomic mass is 9.89. The van der Waals surface area contributed by atoms with Gasteiger partial charge in [-0.2, -0.15) is 0 Å². The topological polar surface area (TPSA) is 46.5 Å². The van der Waals surface area contributed by atoms with E-state index in [2.05, 4.69) is 6.92 Å². The van der Waals surface area contributed by atoms with E-state index in [0.717, 1.165) is 18.8 Å². The van der Waals surface area contributed by atoms with Crippen LogP contribution in [0.15, 0.2) is 18.2 Å². The smallest absolute Gasteiger partial charge is 0.337 e. The van der Waals surface area contributed by atoms with Crippen LogP contribution in [-0.2, 0) is 0 Å². The zero-order chi connectivity index (χ0) is 13.1. The van der Waals surface area contributed by atoms with E-state index in [1.54, 1.807) is 12.1 Å². The summed E-state index contributed by atoms with van der Waals surface area (Å²) in [4.78, 5) is 11.0. The molecule has 1 saturated carbocycles. The highest BCUT2D eigenvalue weighted by Crippen LogP contribution is 2.29. The van der Waals surface area contributed by atoms with Crippen LogP contribution in [0.4, 0.5) is 0 Å². The van der Waals surface area contributed by atoms with E-state index < -0.39 is 5.97 Å². The molecule has 3 nitrogen and oxygen atoms in total. The molecule has 0 heterocycles. The molecular formula is C14H17ClO3. The maximum Gasteiger partial charge on any atom is 0.337 e. The molecule has 0 spiro atoms. The maximum absolute atomic E-state index is 11.0. The van der Waals surface area contributed by atoms with Crippen LogP contribution in [-0.4, -0.2) is 17.2 Å². The molecule has 18 heavy (non-hydrogen) atoms. The Hall–Kier alpha value is -1.22. The van der Waals surface area contributed by atoms with Crippen LogP contribution in [0.2, 0.25) is 5.02 Å². The summed E-state index contributed by atoms with van der Waals surface area (Å²) in [7, 11) is 0. The third-order valence-corrected chi connectivity index (χ3v) is 3.76. The summed E-state index contributed by atoms with van der Waals surface area (Å²) < 4.78 is 5.83. The van der Waals surface area contributed by atoms with Gasteiger partial charge in [0.15, 0.2) is 0 Å². The molecule has 0 amide bonds. The quantitative estimate of drug-likeness (QED) is 0.901. The lowest BCUT2D eigenvalue weighted by Gasteiger charge is -2.27. The predicted molar refractivity (Wildman–Crippen MR) is 70.5 cm³/mol. The van der Waals surface area contributed by atoms with Gasteiger partial charge in [-0.1, -0.05) is 18.5 Å². The van der Waals surface area contributed by atoms with E-state index in [1.165, 1.54) is 18.9 Å². The Morgan fingerprint density at radius 2 is 2.00 bits per heavy atom. The molecule has 0 aliphatic heterocycles. The third kappa shape index (κ3) is 3.16. The number of aromatic carboxylic acids is 1. The minimum atomic E-state index is -1.03. The van der Waals surface area contributed by atoms with E-state index in [4.69, 9.17) is 21.4 Å². The second-order valence-electron chi connectivity index (χ2n) is 4.95. The van der Waals surface area contributed by atoms with Gasteiger partial charge >= 0.3 is 5.97 Å². The van der Waals surface area contributed by atoms with Gasteiger partial charge in [0.1, 0.15) is 5.75 Å². The third-order valence-electron chi connectivity index (χ3n) is 3.43. The standard InChI is InChI=1S/C14H17ClO3/c1-9-2-4-10(5-3-9)18-11-6-7-13(15)12(8-11)14(16)17/h6-10H,2-5H2,1H3,(H,16,17). The fourth-order valence-electron chi connectivity index (χ4n) is 2.28. The fraction of sp³-hybridized carbons (Fsp3) is 0.500. The number of halogens is 1. The van der Waals surface area contributed by atoms with Gasteiger partial charge in [-0.3, -0.25) is 0 Å². The van der Waals surface area contributed by atoms with Crippen molar-refractivity contribution in [1.29, 1.82) is 0 Å². The molecule has 0 aromatic heterocycles. The van der Waals surface area contributed by atoms with Gasteiger partial charge in [0.25, 0.3) is 0 Å². The van der Waals surface area contributed by atoms with E-state index >= 15 is 0 Å². The summed E-state index contributed by atoms with van der Waals surface area (Å²) in [6.07, 6.45) is 4.61. The molecule has 0 bridgehead atoms. The molecule has 1 aliphatic rings. The highest BCUT2D eigenvalue weighted by atomic mass is 35.5. The first kappa shape index (κ1) is 13.2. The highest BCUT2D eigenvalue weighted by molar-refractivity contribution is 6.33. The number of ether oxygens (including phenoxy) is 1. The summed E-state index contributed by atoms with van der Waals surface area (Å²) in [6, 6.07) is 4.81. The molecule has 1 aromatic carbocycles. The Kier molecular flexibility index (Phi) is 4.12. The number of hydrogen-bond donors (Lipinski definition) is 1. The number of rotatable bonds is 3. The first-order valence-corrected chi connectivity index (χ1v) is 6.63.